The second-order valence-electron chi connectivity index (χ2n) is 7.00. The molecule has 0 saturated carbocycles. The zero-order chi connectivity index (χ0) is 22.8. The molecule has 8 nitrogen and oxygen atoms in total. The van der Waals surface area contributed by atoms with Crippen LogP contribution in [0.3, 0.4) is 0 Å². The number of hydrogen-bond acceptors (Lipinski definition) is 6. The number of nitrogens with zero attached hydrogens (tertiary/aromatic N) is 1. The van der Waals surface area contributed by atoms with Crippen LogP contribution in [0.25, 0.3) is 22.2 Å². The molecular weight excluding hydrogens is 412 g/mol. The molecule has 0 aliphatic carbocycles. The molecule has 2 aromatic carbocycles. The van der Waals surface area contributed by atoms with Crippen molar-refractivity contribution in [3.8, 4) is 17.1 Å². The average Bonchev–Trinajstić information content (AvgIpc) is 2.79. The molecule has 0 saturated heterocycles. The zero-order valence-corrected chi connectivity index (χ0v) is 17.2. The number of fused-ring (bicyclic) bond motifs is 1. The Balaban J connectivity index is 1.83. The van der Waals surface area contributed by atoms with Crippen molar-refractivity contribution in [1.82, 2.24) is 4.57 Å². The number of esters is 1. The van der Waals surface area contributed by atoms with Gasteiger partial charge < -0.3 is 19.0 Å². The topological polar surface area (TPSA) is 108 Å². The van der Waals surface area contributed by atoms with Crippen molar-refractivity contribution in [2.75, 3.05) is 5.32 Å². The smallest absolute Gasteiger partial charge is 0.360 e. The van der Waals surface area contributed by atoms with E-state index in [4.69, 9.17) is 9.15 Å². The molecule has 0 bridgehead atoms. The molecule has 2 heterocycles. The number of ether oxygens (including phenoxy) is 1. The van der Waals surface area contributed by atoms with E-state index in [9.17, 15) is 19.2 Å². The molecule has 160 valence electrons. The van der Waals surface area contributed by atoms with E-state index in [2.05, 4.69) is 5.32 Å². The maximum atomic E-state index is 13.1. The van der Waals surface area contributed by atoms with Crippen molar-refractivity contribution < 1.29 is 18.7 Å². The number of pyridine rings is 1. The van der Waals surface area contributed by atoms with Crippen LogP contribution in [0.1, 0.15) is 17.3 Å². The molecule has 32 heavy (non-hydrogen) atoms. The Bertz CT molecular complexity index is 1470. The first-order valence-electron chi connectivity index (χ1n) is 9.68. The molecule has 1 N–H and O–H groups in total. The van der Waals surface area contributed by atoms with E-state index in [1.54, 1.807) is 61.6 Å². The summed E-state index contributed by atoms with van der Waals surface area (Å²) in [6.07, 6.45) is 0. The number of amides is 1. The van der Waals surface area contributed by atoms with Crippen LogP contribution < -0.4 is 21.2 Å². The van der Waals surface area contributed by atoms with Gasteiger partial charge in [-0.15, -0.1) is 0 Å². The Morgan fingerprint density at radius 3 is 2.31 bits per heavy atom. The van der Waals surface area contributed by atoms with Crippen molar-refractivity contribution >= 4 is 28.5 Å². The van der Waals surface area contributed by atoms with Gasteiger partial charge in [0.05, 0.1) is 5.52 Å². The van der Waals surface area contributed by atoms with Crippen LogP contribution in [0.5, 0.6) is 5.75 Å². The number of aromatic nitrogens is 1. The highest BCUT2D eigenvalue weighted by Crippen LogP contribution is 2.34. The highest BCUT2D eigenvalue weighted by molar-refractivity contribution is 6.04. The monoisotopic (exact) mass is 430 g/mol. The first-order chi connectivity index (χ1) is 15.4. The Hall–Kier alpha value is -4.46. The Labute approximate surface area is 181 Å². The highest BCUT2D eigenvalue weighted by atomic mass is 16.5. The number of nitrogens with one attached hydrogen (secondary N) is 1. The van der Waals surface area contributed by atoms with E-state index in [0.29, 0.717) is 16.5 Å². The van der Waals surface area contributed by atoms with Gasteiger partial charge in [0.15, 0.2) is 5.75 Å². The molecule has 0 aliphatic rings. The van der Waals surface area contributed by atoms with Crippen LogP contribution in [0.4, 0.5) is 5.69 Å². The lowest BCUT2D eigenvalue weighted by Gasteiger charge is -2.14. The summed E-state index contributed by atoms with van der Waals surface area (Å²) in [6.45, 7) is 1.22. The van der Waals surface area contributed by atoms with Crippen molar-refractivity contribution in [2.45, 2.75) is 6.92 Å². The fraction of sp³-hybridized carbons (Fsp3) is 0.0833. The summed E-state index contributed by atoms with van der Waals surface area (Å²) in [7, 11) is 1.57. The number of hydrogen-bond donors (Lipinski definition) is 1. The minimum absolute atomic E-state index is 0.000390. The van der Waals surface area contributed by atoms with Gasteiger partial charge in [0.2, 0.25) is 0 Å². The average molecular weight is 430 g/mol. The van der Waals surface area contributed by atoms with Gasteiger partial charge in [-0.05, 0) is 36.4 Å². The molecule has 0 spiro atoms. The first-order valence-corrected chi connectivity index (χ1v) is 9.68. The lowest BCUT2D eigenvalue weighted by atomic mass is 10.1. The molecular formula is C24H18N2O6. The van der Waals surface area contributed by atoms with Crippen LogP contribution in [0, 0.1) is 0 Å². The van der Waals surface area contributed by atoms with Crippen LogP contribution in [-0.2, 0) is 11.8 Å². The largest absolute Gasteiger partial charge is 0.425 e. The van der Waals surface area contributed by atoms with Gasteiger partial charge in [-0.25, -0.2) is 4.79 Å². The number of para-hydroxylation sites is 1. The van der Waals surface area contributed by atoms with Gasteiger partial charge in [0, 0.05) is 24.9 Å². The van der Waals surface area contributed by atoms with Crippen LogP contribution in [0.15, 0.2) is 80.7 Å². The number of carbonyl (C=O) groups excluding carboxylic acids is 2. The fourth-order valence-electron chi connectivity index (χ4n) is 3.36. The normalized spacial score (nSPS) is 10.7. The zero-order valence-electron chi connectivity index (χ0n) is 17.2. The summed E-state index contributed by atoms with van der Waals surface area (Å²) >= 11 is 0. The molecule has 4 rings (SSSR count). The molecule has 1 amide bonds. The van der Waals surface area contributed by atoms with E-state index in [1.165, 1.54) is 23.6 Å². The van der Waals surface area contributed by atoms with E-state index < -0.39 is 23.1 Å². The number of anilines is 1. The predicted molar refractivity (Wildman–Crippen MR) is 119 cm³/mol. The standard InChI is InChI=1S/C24H18N2O6/c1-14(27)31-21-16-10-6-7-11-18(16)26(2)23(29)20(21)19-13-12-17(24(30)32-19)25-22(28)15-8-4-3-5-9-15/h3-13H,1-2H3,(H,25,28). The van der Waals surface area contributed by atoms with Crippen LogP contribution >= 0.6 is 0 Å². The minimum Gasteiger partial charge on any atom is -0.425 e. The summed E-state index contributed by atoms with van der Waals surface area (Å²) in [4.78, 5) is 49.7. The predicted octanol–water partition coefficient (Wildman–Crippen LogP) is 3.34. The third-order valence-electron chi connectivity index (χ3n) is 4.86. The van der Waals surface area contributed by atoms with Crippen molar-refractivity contribution in [3.63, 3.8) is 0 Å². The van der Waals surface area contributed by atoms with Gasteiger partial charge in [-0.2, -0.15) is 0 Å². The van der Waals surface area contributed by atoms with Crippen LogP contribution in [-0.4, -0.2) is 16.4 Å². The SMILES string of the molecule is CC(=O)Oc1c(-c2ccc(NC(=O)c3ccccc3)c(=O)o2)c(=O)n(C)c2ccccc12. The van der Waals surface area contributed by atoms with Gasteiger partial charge in [0.1, 0.15) is 17.0 Å². The third-order valence-corrected chi connectivity index (χ3v) is 4.86. The van der Waals surface area contributed by atoms with E-state index in [-0.39, 0.29) is 22.8 Å². The quantitative estimate of drug-likeness (QED) is 0.498. The summed E-state index contributed by atoms with van der Waals surface area (Å²) in [5.74, 6) is -1.19. The lowest BCUT2D eigenvalue weighted by molar-refractivity contribution is -0.131. The van der Waals surface area contributed by atoms with E-state index in [0.717, 1.165) is 0 Å². The van der Waals surface area contributed by atoms with Crippen molar-refractivity contribution in [3.05, 3.63) is 93.1 Å². The number of carbonyl (C=O) groups is 2. The summed E-state index contributed by atoms with van der Waals surface area (Å²) in [6, 6.07) is 18.0. The number of benzene rings is 2. The second kappa shape index (κ2) is 8.35. The van der Waals surface area contributed by atoms with Gasteiger partial charge >= 0.3 is 11.6 Å². The molecule has 0 aliphatic heterocycles. The lowest BCUT2D eigenvalue weighted by Crippen LogP contribution is -2.22. The molecule has 0 fully saturated rings. The summed E-state index contributed by atoms with van der Waals surface area (Å²) in [5, 5.41) is 3.00. The van der Waals surface area contributed by atoms with Gasteiger partial charge in [0.25, 0.3) is 11.5 Å². The number of aryl methyl sites for hydroxylation is 1. The Kier molecular flexibility index (Phi) is 5.43. The molecule has 0 unspecified atom stereocenters. The van der Waals surface area contributed by atoms with Crippen LogP contribution in [0.2, 0.25) is 0 Å². The summed E-state index contributed by atoms with van der Waals surface area (Å²) < 4.78 is 12.1. The maximum absolute atomic E-state index is 13.1. The Morgan fingerprint density at radius 1 is 0.938 bits per heavy atom. The van der Waals surface area contributed by atoms with Crippen molar-refractivity contribution in [2.24, 2.45) is 7.05 Å². The number of rotatable bonds is 4. The molecule has 4 aromatic rings. The van der Waals surface area contributed by atoms with E-state index in [1.807, 2.05) is 0 Å². The molecule has 8 heteroatoms. The Morgan fingerprint density at radius 2 is 1.62 bits per heavy atom. The summed E-state index contributed by atoms with van der Waals surface area (Å²) in [5.41, 5.74) is -0.600. The second-order valence-corrected chi connectivity index (χ2v) is 7.00. The van der Waals surface area contributed by atoms with Gasteiger partial charge in [-0.3, -0.25) is 14.4 Å². The van der Waals surface area contributed by atoms with Crippen molar-refractivity contribution in [1.29, 1.82) is 0 Å². The first kappa shape index (κ1) is 20.8. The van der Waals surface area contributed by atoms with Gasteiger partial charge in [-0.1, -0.05) is 30.3 Å². The fourth-order valence-corrected chi connectivity index (χ4v) is 3.36. The highest BCUT2D eigenvalue weighted by Gasteiger charge is 2.22. The molecule has 0 radical (unpaired) electrons. The molecule has 0 atom stereocenters. The molecule has 2 aromatic heterocycles. The van der Waals surface area contributed by atoms with E-state index >= 15 is 0 Å². The minimum atomic E-state index is -0.851. The maximum Gasteiger partial charge on any atom is 0.360 e. The third kappa shape index (κ3) is 3.81.